The lowest BCUT2D eigenvalue weighted by molar-refractivity contribution is 0.0899. The van der Waals surface area contributed by atoms with E-state index in [9.17, 15) is 0 Å². The summed E-state index contributed by atoms with van der Waals surface area (Å²) in [4.78, 5) is 4.63. The van der Waals surface area contributed by atoms with Gasteiger partial charge in [-0.1, -0.05) is 52.0 Å². The third-order valence-electron chi connectivity index (χ3n) is 5.42. The molecule has 0 aromatic carbocycles. The van der Waals surface area contributed by atoms with Gasteiger partial charge in [0.1, 0.15) is 12.4 Å². The molecule has 0 N–H and O–H groups in total. The number of hydrogen-bond acceptors (Lipinski definition) is 3. The van der Waals surface area contributed by atoms with Crippen molar-refractivity contribution in [1.29, 1.82) is 0 Å². The SMILES string of the molecule is CC(C)(C)[Si](C)(C)OCc1cnc2c(ccn2COCC[Si](C)(C)C)c1Cl. The van der Waals surface area contributed by atoms with Gasteiger partial charge in [-0.3, -0.25) is 0 Å². The lowest BCUT2D eigenvalue weighted by Crippen LogP contribution is -2.40. The van der Waals surface area contributed by atoms with Crippen molar-refractivity contribution in [3.05, 3.63) is 29.0 Å². The summed E-state index contributed by atoms with van der Waals surface area (Å²) in [6.07, 6.45) is 3.84. The van der Waals surface area contributed by atoms with Crippen molar-refractivity contribution in [2.75, 3.05) is 6.61 Å². The van der Waals surface area contributed by atoms with Crippen LogP contribution in [0.2, 0.25) is 48.8 Å². The minimum absolute atomic E-state index is 0.174. The first-order chi connectivity index (χ1) is 12.3. The lowest BCUT2D eigenvalue weighted by atomic mass is 10.2. The van der Waals surface area contributed by atoms with Gasteiger partial charge in [-0.05, 0) is 30.2 Å². The third kappa shape index (κ3) is 5.90. The minimum Gasteiger partial charge on any atom is -0.412 e. The highest BCUT2D eigenvalue weighted by atomic mass is 35.5. The molecule has 0 bridgehead atoms. The van der Waals surface area contributed by atoms with Crippen LogP contribution in [0.4, 0.5) is 0 Å². The highest BCUT2D eigenvalue weighted by molar-refractivity contribution is 6.76. The van der Waals surface area contributed by atoms with Crippen LogP contribution in [0.5, 0.6) is 0 Å². The Morgan fingerprint density at radius 3 is 2.41 bits per heavy atom. The molecule has 2 aromatic rings. The van der Waals surface area contributed by atoms with Crippen molar-refractivity contribution in [3.63, 3.8) is 0 Å². The maximum absolute atomic E-state index is 6.67. The zero-order valence-electron chi connectivity index (χ0n) is 18.1. The average Bonchev–Trinajstić information content (AvgIpc) is 2.93. The first-order valence-electron chi connectivity index (χ1n) is 9.66. The molecule has 0 atom stereocenters. The molecule has 0 saturated carbocycles. The summed E-state index contributed by atoms with van der Waals surface area (Å²) < 4.78 is 14.2. The van der Waals surface area contributed by atoms with Gasteiger partial charge < -0.3 is 13.7 Å². The molecule has 2 heterocycles. The van der Waals surface area contributed by atoms with Crippen LogP contribution in [0.1, 0.15) is 26.3 Å². The van der Waals surface area contributed by atoms with Gasteiger partial charge in [0, 0.05) is 38.0 Å². The van der Waals surface area contributed by atoms with Gasteiger partial charge in [0.2, 0.25) is 0 Å². The van der Waals surface area contributed by atoms with Crippen LogP contribution in [-0.2, 0) is 22.5 Å². The van der Waals surface area contributed by atoms with Crippen LogP contribution < -0.4 is 0 Å². The Hall–Kier alpha value is -0.666. The van der Waals surface area contributed by atoms with E-state index in [1.54, 1.807) is 0 Å². The molecule has 0 radical (unpaired) electrons. The standard InChI is InChI=1S/C20H35ClN2O2Si2/c1-20(2,3)27(7,8)25-14-16-13-22-19-17(18(16)21)9-10-23(19)15-24-11-12-26(4,5)6/h9-10,13H,11-12,14-15H2,1-8H3. The molecule has 7 heteroatoms. The number of fused-ring (bicyclic) bond motifs is 1. The minimum atomic E-state index is -1.82. The summed E-state index contributed by atoms with van der Waals surface area (Å²) in [5.41, 5.74) is 1.82. The van der Waals surface area contributed by atoms with E-state index in [0.29, 0.717) is 13.3 Å². The van der Waals surface area contributed by atoms with Gasteiger partial charge in [-0.25, -0.2) is 4.98 Å². The Bertz CT molecular complexity index is 777. The van der Waals surface area contributed by atoms with Gasteiger partial charge >= 0.3 is 0 Å². The van der Waals surface area contributed by atoms with Crippen LogP contribution in [0.3, 0.4) is 0 Å². The van der Waals surface area contributed by atoms with Gasteiger partial charge in [0.25, 0.3) is 0 Å². The molecule has 0 fully saturated rings. The molecule has 0 amide bonds. The molecule has 0 aliphatic carbocycles. The molecule has 2 rings (SSSR count). The maximum Gasteiger partial charge on any atom is 0.192 e. The zero-order chi connectivity index (χ0) is 20.5. The van der Waals surface area contributed by atoms with Gasteiger partial charge in [0.05, 0.1) is 11.6 Å². The highest BCUT2D eigenvalue weighted by Gasteiger charge is 2.37. The Balaban J connectivity index is 2.08. The van der Waals surface area contributed by atoms with E-state index in [-0.39, 0.29) is 5.04 Å². The summed E-state index contributed by atoms with van der Waals surface area (Å²) >= 11 is 6.67. The van der Waals surface area contributed by atoms with Crippen molar-refractivity contribution in [1.82, 2.24) is 9.55 Å². The van der Waals surface area contributed by atoms with E-state index in [2.05, 4.69) is 58.5 Å². The Kier molecular flexibility index (Phi) is 7.01. The summed E-state index contributed by atoms with van der Waals surface area (Å²) in [5, 5.41) is 1.87. The fraction of sp³-hybridized carbons (Fsp3) is 0.650. The van der Waals surface area contributed by atoms with Crippen LogP contribution in [-0.4, -0.2) is 32.5 Å². The number of rotatable bonds is 8. The molecule has 0 unspecified atom stereocenters. The smallest absolute Gasteiger partial charge is 0.192 e. The first kappa shape index (κ1) is 22.6. The van der Waals surface area contributed by atoms with E-state index in [4.69, 9.17) is 20.8 Å². The molecule has 0 aliphatic rings. The van der Waals surface area contributed by atoms with E-state index < -0.39 is 16.4 Å². The monoisotopic (exact) mass is 426 g/mol. The lowest BCUT2D eigenvalue weighted by Gasteiger charge is -2.36. The summed E-state index contributed by atoms with van der Waals surface area (Å²) in [6.45, 7) is 20.1. The average molecular weight is 427 g/mol. The Labute approximate surface area is 171 Å². The van der Waals surface area contributed by atoms with Crippen molar-refractivity contribution in [2.45, 2.75) is 77.9 Å². The highest BCUT2D eigenvalue weighted by Crippen LogP contribution is 2.37. The zero-order valence-corrected chi connectivity index (χ0v) is 20.9. The molecule has 0 aliphatic heterocycles. The molecule has 2 aromatic heterocycles. The largest absolute Gasteiger partial charge is 0.412 e. The number of pyridine rings is 1. The quantitative estimate of drug-likeness (QED) is 0.355. The molecule has 27 heavy (non-hydrogen) atoms. The number of ether oxygens (including phenoxy) is 1. The molecule has 0 spiro atoms. The number of aromatic nitrogens is 2. The fourth-order valence-corrected chi connectivity index (χ4v) is 4.33. The van der Waals surface area contributed by atoms with Crippen molar-refractivity contribution in [3.8, 4) is 0 Å². The third-order valence-corrected chi connectivity index (χ3v) is 12.0. The molecule has 4 nitrogen and oxygen atoms in total. The normalized spacial score (nSPS) is 13.5. The first-order valence-corrected chi connectivity index (χ1v) is 16.7. The van der Waals surface area contributed by atoms with Crippen LogP contribution in [0.15, 0.2) is 18.5 Å². The van der Waals surface area contributed by atoms with Gasteiger partial charge in [-0.2, -0.15) is 0 Å². The Morgan fingerprint density at radius 2 is 1.81 bits per heavy atom. The topological polar surface area (TPSA) is 36.3 Å². The van der Waals surface area contributed by atoms with E-state index in [1.807, 2.05) is 23.0 Å². The predicted molar refractivity (Wildman–Crippen MR) is 121 cm³/mol. The van der Waals surface area contributed by atoms with Gasteiger partial charge in [0.15, 0.2) is 8.32 Å². The second kappa shape index (κ2) is 8.37. The summed E-state index contributed by atoms with van der Waals surface area (Å²) in [7, 11) is -2.89. The number of hydrogen-bond donors (Lipinski definition) is 0. The molecular weight excluding hydrogens is 392 g/mol. The fourth-order valence-electron chi connectivity index (χ4n) is 2.37. The molecule has 152 valence electrons. The van der Waals surface area contributed by atoms with Crippen molar-refractivity contribution in [2.24, 2.45) is 0 Å². The van der Waals surface area contributed by atoms with Crippen LogP contribution >= 0.6 is 11.6 Å². The number of nitrogens with zero attached hydrogens (tertiary/aromatic N) is 2. The van der Waals surface area contributed by atoms with Crippen molar-refractivity contribution < 1.29 is 9.16 Å². The van der Waals surface area contributed by atoms with Crippen LogP contribution in [0.25, 0.3) is 11.0 Å². The second-order valence-corrected chi connectivity index (χ2v) is 20.8. The summed E-state index contributed by atoms with van der Waals surface area (Å²) in [6, 6.07) is 3.18. The Morgan fingerprint density at radius 1 is 1.15 bits per heavy atom. The van der Waals surface area contributed by atoms with Gasteiger partial charge in [-0.15, -0.1) is 0 Å². The number of halogens is 1. The van der Waals surface area contributed by atoms with E-state index in [0.717, 1.165) is 34.3 Å². The van der Waals surface area contributed by atoms with E-state index >= 15 is 0 Å². The molecular formula is C20H35ClN2O2Si2. The maximum atomic E-state index is 6.67. The summed E-state index contributed by atoms with van der Waals surface area (Å²) in [5.74, 6) is 0. The van der Waals surface area contributed by atoms with E-state index in [1.165, 1.54) is 0 Å². The van der Waals surface area contributed by atoms with Crippen LogP contribution in [0, 0.1) is 0 Å². The predicted octanol–water partition coefficient (Wildman–Crippen LogP) is 6.52. The molecule has 0 saturated heterocycles. The van der Waals surface area contributed by atoms with Crippen molar-refractivity contribution >= 4 is 39.0 Å². The second-order valence-electron chi connectivity index (χ2n) is 10.0.